The zero-order valence-electron chi connectivity index (χ0n) is 19.1. The molecule has 0 bridgehead atoms. The molecule has 2 aliphatic carbocycles. The fourth-order valence-corrected chi connectivity index (χ4v) is 7.27. The lowest BCUT2D eigenvalue weighted by molar-refractivity contribution is -0.132. The van der Waals surface area contributed by atoms with Crippen molar-refractivity contribution < 1.29 is 13.2 Å². The summed E-state index contributed by atoms with van der Waals surface area (Å²) >= 11 is 0. The van der Waals surface area contributed by atoms with Crippen molar-refractivity contribution in [2.45, 2.75) is 56.8 Å². The number of allylic oxidation sites excluding steroid dienone is 1. The average molecular weight is 448 g/mol. The van der Waals surface area contributed by atoms with Crippen LogP contribution in [0.3, 0.4) is 0 Å². The molecule has 4 nitrogen and oxygen atoms in total. The van der Waals surface area contributed by atoms with E-state index in [1.165, 1.54) is 3.97 Å². The Bertz CT molecular complexity index is 1380. The first-order valence-corrected chi connectivity index (χ1v) is 12.6. The van der Waals surface area contributed by atoms with Crippen LogP contribution in [0.1, 0.15) is 56.2 Å². The van der Waals surface area contributed by atoms with E-state index in [9.17, 15) is 13.2 Å². The number of aromatic nitrogens is 1. The van der Waals surface area contributed by atoms with Gasteiger partial charge in [0.15, 0.2) is 0 Å². The minimum absolute atomic E-state index is 0.124. The Hall–Kier alpha value is -2.66. The second-order valence-corrected chi connectivity index (χ2v) is 12.0. The van der Waals surface area contributed by atoms with Crippen LogP contribution < -0.4 is 0 Å². The summed E-state index contributed by atoms with van der Waals surface area (Å²) < 4.78 is 28.7. The number of benzene rings is 2. The van der Waals surface area contributed by atoms with E-state index in [1.54, 1.807) is 24.4 Å². The average Bonchev–Trinajstić information content (AvgIpc) is 3.15. The Balaban J connectivity index is 1.81. The maximum atomic E-state index is 13.8. The van der Waals surface area contributed by atoms with Gasteiger partial charge >= 0.3 is 0 Å². The second-order valence-electron chi connectivity index (χ2n) is 10.2. The number of Topliss-reactive ketones (excluding diaryl/α,β-unsaturated/α-hetero) is 1. The quantitative estimate of drug-likeness (QED) is 0.482. The fourth-order valence-electron chi connectivity index (χ4n) is 5.90. The van der Waals surface area contributed by atoms with E-state index in [1.807, 2.05) is 38.1 Å². The molecule has 0 aliphatic heterocycles. The Morgan fingerprint density at radius 2 is 1.78 bits per heavy atom. The van der Waals surface area contributed by atoms with E-state index < -0.39 is 15.4 Å². The number of carbonyl (C=O) groups is 1. The summed E-state index contributed by atoms with van der Waals surface area (Å²) in [5, 5.41) is 0.913. The number of rotatable bonds is 3. The molecule has 3 aromatic rings. The fraction of sp³-hybridized carbons (Fsp3) is 0.370. The number of aryl methyl sites for hydroxylation is 1. The Kier molecular flexibility index (Phi) is 4.42. The van der Waals surface area contributed by atoms with E-state index in [2.05, 4.69) is 26.5 Å². The summed E-state index contributed by atoms with van der Waals surface area (Å²) in [5.74, 6) is -0.0641. The van der Waals surface area contributed by atoms with Crippen molar-refractivity contribution in [3.63, 3.8) is 0 Å². The number of fused-ring (bicyclic) bond motifs is 2. The molecule has 0 unspecified atom stereocenters. The zero-order valence-corrected chi connectivity index (χ0v) is 19.9. The number of hydrogen-bond donors (Lipinski definition) is 0. The van der Waals surface area contributed by atoms with Gasteiger partial charge in [-0.15, -0.1) is 6.58 Å². The summed E-state index contributed by atoms with van der Waals surface area (Å²) in [7, 11) is -3.80. The van der Waals surface area contributed by atoms with Gasteiger partial charge in [-0.3, -0.25) is 4.79 Å². The van der Waals surface area contributed by atoms with Crippen molar-refractivity contribution in [3.05, 3.63) is 78.0 Å². The van der Waals surface area contributed by atoms with Gasteiger partial charge in [-0.2, -0.15) is 0 Å². The smallest absolute Gasteiger partial charge is 0.268 e. The lowest BCUT2D eigenvalue weighted by Gasteiger charge is -2.49. The van der Waals surface area contributed by atoms with Crippen LogP contribution in [-0.2, 0) is 20.2 Å². The Labute approximate surface area is 190 Å². The molecule has 2 aromatic carbocycles. The van der Waals surface area contributed by atoms with Crippen LogP contribution in [0, 0.1) is 18.3 Å². The summed E-state index contributed by atoms with van der Waals surface area (Å²) in [6.45, 7) is 12.2. The van der Waals surface area contributed by atoms with Crippen molar-refractivity contribution in [1.29, 1.82) is 0 Å². The highest BCUT2D eigenvalue weighted by molar-refractivity contribution is 7.90. The van der Waals surface area contributed by atoms with Gasteiger partial charge in [-0.1, -0.05) is 49.8 Å². The SMILES string of the molecule is C=C[C@@]1(C)CC[C@H]2[C@H](C1=O)c1cn(S(=O)(=O)c3ccc(C)cc3)c3cccc(c13)C2(C)C. The molecule has 1 saturated carbocycles. The van der Waals surface area contributed by atoms with E-state index in [-0.39, 0.29) is 27.9 Å². The van der Waals surface area contributed by atoms with Gasteiger partial charge in [-0.05, 0) is 67.3 Å². The Morgan fingerprint density at radius 3 is 2.44 bits per heavy atom. The molecule has 0 saturated heterocycles. The van der Waals surface area contributed by atoms with Gasteiger partial charge in [0.05, 0.1) is 10.4 Å². The molecule has 3 atom stereocenters. The van der Waals surface area contributed by atoms with Crippen molar-refractivity contribution >= 4 is 26.7 Å². The maximum Gasteiger partial charge on any atom is 0.268 e. The number of carbonyl (C=O) groups excluding carboxylic acids is 1. The number of ketones is 1. The van der Waals surface area contributed by atoms with Crippen LogP contribution in [0.2, 0.25) is 0 Å². The first-order chi connectivity index (χ1) is 15.0. The molecule has 5 rings (SSSR count). The van der Waals surface area contributed by atoms with E-state index >= 15 is 0 Å². The lowest BCUT2D eigenvalue weighted by Crippen LogP contribution is -2.47. The highest BCUT2D eigenvalue weighted by Gasteiger charge is 2.53. The molecule has 1 aromatic heterocycles. The highest BCUT2D eigenvalue weighted by Crippen LogP contribution is 2.58. The van der Waals surface area contributed by atoms with Crippen molar-refractivity contribution in [2.75, 3.05) is 0 Å². The van der Waals surface area contributed by atoms with Gasteiger partial charge < -0.3 is 0 Å². The van der Waals surface area contributed by atoms with Crippen LogP contribution >= 0.6 is 0 Å². The molecule has 0 N–H and O–H groups in total. The molecule has 0 radical (unpaired) electrons. The highest BCUT2D eigenvalue weighted by atomic mass is 32.2. The van der Waals surface area contributed by atoms with Gasteiger partial charge in [0, 0.05) is 22.9 Å². The van der Waals surface area contributed by atoms with Gasteiger partial charge in [0.1, 0.15) is 5.78 Å². The molecule has 5 heteroatoms. The van der Waals surface area contributed by atoms with Crippen LogP contribution in [0.25, 0.3) is 10.9 Å². The molecule has 1 heterocycles. The van der Waals surface area contributed by atoms with Crippen molar-refractivity contribution in [1.82, 2.24) is 3.97 Å². The van der Waals surface area contributed by atoms with Gasteiger partial charge in [0.25, 0.3) is 10.0 Å². The summed E-state index contributed by atoms with van der Waals surface area (Å²) in [6, 6.07) is 12.8. The molecule has 2 aliphatic rings. The largest absolute Gasteiger partial charge is 0.298 e. The van der Waals surface area contributed by atoms with E-state index in [0.29, 0.717) is 5.52 Å². The second kappa shape index (κ2) is 6.67. The van der Waals surface area contributed by atoms with Crippen molar-refractivity contribution in [3.8, 4) is 0 Å². The molecule has 32 heavy (non-hydrogen) atoms. The molecule has 0 amide bonds. The first kappa shape index (κ1) is 21.2. The molecule has 0 spiro atoms. The number of hydrogen-bond acceptors (Lipinski definition) is 3. The summed E-state index contributed by atoms with van der Waals surface area (Å²) in [6.07, 6.45) is 5.16. The van der Waals surface area contributed by atoms with Crippen LogP contribution in [-0.4, -0.2) is 18.2 Å². The third-order valence-corrected chi connectivity index (χ3v) is 9.72. The third kappa shape index (κ3) is 2.67. The minimum atomic E-state index is -3.80. The normalized spacial score (nSPS) is 26.7. The predicted molar refractivity (Wildman–Crippen MR) is 128 cm³/mol. The predicted octanol–water partition coefficient (Wildman–Crippen LogP) is 5.73. The lowest BCUT2D eigenvalue weighted by atomic mass is 9.52. The van der Waals surface area contributed by atoms with E-state index in [0.717, 1.165) is 34.9 Å². The molecular weight excluding hydrogens is 418 g/mol. The van der Waals surface area contributed by atoms with Crippen LogP contribution in [0.5, 0.6) is 0 Å². The third-order valence-electron chi connectivity index (χ3n) is 8.03. The Morgan fingerprint density at radius 1 is 1.09 bits per heavy atom. The monoisotopic (exact) mass is 447 g/mol. The number of nitrogens with zero attached hydrogens (tertiary/aromatic N) is 1. The van der Waals surface area contributed by atoms with Gasteiger partial charge in [-0.25, -0.2) is 12.4 Å². The standard InChI is InChI=1S/C27H29NO3S/c1-6-27(5)15-14-21-24(25(27)29)19-16-28(32(30,31)18-12-10-17(2)11-13-18)22-9-7-8-20(23(19)22)26(21,3)4/h6-13,16,21,24H,1,14-15H2,2-5H3/t21-,24+,27-/m0/s1. The van der Waals surface area contributed by atoms with E-state index in [4.69, 9.17) is 0 Å². The zero-order chi connectivity index (χ0) is 23.1. The minimum Gasteiger partial charge on any atom is -0.298 e. The summed E-state index contributed by atoms with van der Waals surface area (Å²) in [4.78, 5) is 14.0. The first-order valence-electron chi connectivity index (χ1n) is 11.2. The molecule has 166 valence electrons. The molecule has 1 fully saturated rings. The van der Waals surface area contributed by atoms with Crippen LogP contribution in [0.15, 0.2) is 66.2 Å². The topological polar surface area (TPSA) is 56.1 Å². The summed E-state index contributed by atoms with van der Waals surface area (Å²) in [5.41, 5.74) is 2.78. The maximum absolute atomic E-state index is 13.8. The van der Waals surface area contributed by atoms with Crippen molar-refractivity contribution in [2.24, 2.45) is 11.3 Å². The van der Waals surface area contributed by atoms with Crippen LogP contribution in [0.4, 0.5) is 0 Å². The van der Waals surface area contributed by atoms with Gasteiger partial charge in [0.2, 0.25) is 0 Å². The molecular formula is C27H29NO3S.